The molecule has 31 heavy (non-hydrogen) atoms. The molecule has 0 saturated heterocycles. The summed E-state index contributed by atoms with van der Waals surface area (Å²) in [4.78, 5) is 27.0. The average molecular weight is 434 g/mol. The second-order valence-corrected chi connectivity index (χ2v) is 9.24. The Balaban J connectivity index is 1.39. The van der Waals surface area contributed by atoms with Gasteiger partial charge in [0.2, 0.25) is 11.8 Å². The van der Waals surface area contributed by atoms with Crippen molar-refractivity contribution in [3.8, 4) is 0 Å². The maximum absolute atomic E-state index is 13.3. The first-order chi connectivity index (χ1) is 15.1. The predicted octanol–water partition coefficient (Wildman–Crippen LogP) is 3.67. The van der Waals surface area contributed by atoms with Crippen LogP contribution in [0.2, 0.25) is 0 Å². The molecular formula is C23H23N5O2S. The SMILES string of the molecule is CC(Sc1nnc(C2CC2)n1Cc1ccccc1)C(=O)N1CC(=O)Nc2ccccc21. The lowest BCUT2D eigenvalue weighted by atomic mass is 10.2. The maximum Gasteiger partial charge on any atom is 0.244 e. The minimum Gasteiger partial charge on any atom is -0.323 e. The van der Waals surface area contributed by atoms with E-state index in [-0.39, 0.29) is 18.4 Å². The van der Waals surface area contributed by atoms with Gasteiger partial charge in [-0.2, -0.15) is 0 Å². The Hall–Kier alpha value is -3.13. The van der Waals surface area contributed by atoms with Crippen LogP contribution >= 0.6 is 11.8 Å². The lowest BCUT2D eigenvalue weighted by Crippen LogP contribution is -2.45. The molecular weight excluding hydrogens is 410 g/mol. The van der Waals surface area contributed by atoms with Crippen molar-refractivity contribution < 1.29 is 9.59 Å². The van der Waals surface area contributed by atoms with Gasteiger partial charge in [0.1, 0.15) is 12.4 Å². The molecule has 1 aromatic heterocycles. The molecule has 1 fully saturated rings. The molecule has 1 unspecified atom stereocenters. The third-order valence-corrected chi connectivity index (χ3v) is 6.61. The molecule has 3 aromatic rings. The zero-order valence-electron chi connectivity index (χ0n) is 17.2. The quantitative estimate of drug-likeness (QED) is 0.600. The van der Waals surface area contributed by atoms with Gasteiger partial charge in [-0.3, -0.25) is 14.5 Å². The third kappa shape index (κ3) is 4.07. The van der Waals surface area contributed by atoms with E-state index in [9.17, 15) is 9.59 Å². The van der Waals surface area contributed by atoms with E-state index in [2.05, 4.69) is 32.2 Å². The van der Waals surface area contributed by atoms with Gasteiger partial charge in [0.25, 0.3) is 0 Å². The highest BCUT2D eigenvalue weighted by atomic mass is 32.2. The predicted molar refractivity (Wildman–Crippen MR) is 120 cm³/mol. The Morgan fingerprint density at radius 1 is 1.13 bits per heavy atom. The number of nitrogens with one attached hydrogen (secondary N) is 1. The van der Waals surface area contributed by atoms with E-state index in [0.29, 0.717) is 18.2 Å². The van der Waals surface area contributed by atoms with E-state index < -0.39 is 5.25 Å². The van der Waals surface area contributed by atoms with Crippen LogP contribution in [-0.4, -0.2) is 38.4 Å². The van der Waals surface area contributed by atoms with Gasteiger partial charge < -0.3 is 9.88 Å². The van der Waals surface area contributed by atoms with E-state index in [1.165, 1.54) is 17.3 Å². The van der Waals surface area contributed by atoms with Gasteiger partial charge in [-0.1, -0.05) is 54.2 Å². The molecule has 2 aliphatic rings. The number of aromatic nitrogens is 3. The highest BCUT2D eigenvalue weighted by Crippen LogP contribution is 2.41. The zero-order valence-corrected chi connectivity index (χ0v) is 18.0. The number of carbonyl (C=O) groups excluding carboxylic acids is 2. The van der Waals surface area contributed by atoms with E-state index in [0.717, 1.165) is 29.5 Å². The fraction of sp³-hybridized carbons (Fsp3) is 0.304. The van der Waals surface area contributed by atoms with E-state index >= 15 is 0 Å². The fourth-order valence-corrected chi connectivity index (χ4v) is 4.72. The molecule has 5 rings (SSSR count). The lowest BCUT2D eigenvalue weighted by Gasteiger charge is -2.30. The fourth-order valence-electron chi connectivity index (χ4n) is 3.80. The highest BCUT2D eigenvalue weighted by molar-refractivity contribution is 8.00. The number of hydrogen-bond donors (Lipinski definition) is 1. The summed E-state index contributed by atoms with van der Waals surface area (Å²) >= 11 is 1.40. The highest BCUT2D eigenvalue weighted by Gasteiger charge is 2.33. The number of para-hydroxylation sites is 2. The van der Waals surface area contributed by atoms with Crippen LogP contribution in [0.5, 0.6) is 0 Å². The number of fused-ring (bicyclic) bond motifs is 1. The summed E-state index contributed by atoms with van der Waals surface area (Å²) in [5.74, 6) is 1.14. The number of thioether (sulfide) groups is 1. The number of hydrogen-bond acceptors (Lipinski definition) is 5. The van der Waals surface area contributed by atoms with E-state index in [1.54, 1.807) is 4.90 Å². The second kappa shape index (κ2) is 8.19. The monoisotopic (exact) mass is 433 g/mol. The molecule has 2 aromatic carbocycles. The van der Waals surface area contributed by atoms with Gasteiger partial charge in [-0.05, 0) is 37.5 Å². The van der Waals surface area contributed by atoms with Crippen LogP contribution in [0, 0.1) is 0 Å². The van der Waals surface area contributed by atoms with Gasteiger partial charge in [0, 0.05) is 5.92 Å². The van der Waals surface area contributed by atoms with Crippen molar-refractivity contribution in [3.05, 3.63) is 66.0 Å². The van der Waals surface area contributed by atoms with Crippen LogP contribution in [0.1, 0.15) is 37.1 Å². The Morgan fingerprint density at radius 2 is 1.87 bits per heavy atom. The smallest absolute Gasteiger partial charge is 0.244 e. The molecule has 1 aliphatic carbocycles. The summed E-state index contributed by atoms with van der Waals surface area (Å²) in [7, 11) is 0. The Bertz CT molecular complexity index is 1130. The van der Waals surface area contributed by atoms with Crippen LogP contribution in [0.3, 0.4) is 0 Å². The largest absolute Gasteiger partial charge is 0.323 e. The van der Waals surface area contributed by atoms with Crippen LogP contribution in [0.4, 0.5) is 11.4 Å². The van der Waals surface area contributed by atoms with Crippen LogP contribution in [0.15, 0.2) is 59.8 Å². The molecule has 8 heteroatoms. The van der Waals surface area contributed by atoms with E-state index in [1.807, 2.05) is 49.4 Å². The zero-order chi connectivity index (χ0) is 21.4. The summed E-state index contributed by atoms with van der Waals surface area (Å²) in [6, 6.07) is 17.6. The molecule has 0 radical (unpaired) electrons. The number of benzene rings is 2. The summed E-state index contributed by atoms with van der Waals surface area (Å²) < 4.78 is 2.14. The normalized spacial score (nSPS) is 16.5. The Morgan fingerprint density at radius 3 is 2.65 bits per heavy atom. The molecule has 0 spiro atoms. The molecule has 1 atom stereocenters. The average Bonchev–Trinajstić information content (AvgIpc) is 3.56. The first-order valence-electron chi connectivity index (χ1n) is 10.4. The summed E-state index contributed by atoms with van der Waals surface area (Å²) in [6.07, 6.45) is 2.26. The van der Waals surface area contributed by atoms with Crippen LogP contribution in [-0.2, 0) is 16.1 Å². The van der Waals surface area contributed by atoms with Gasteiger partial charge in [-0.25, -0.2) is 0 Å². The first kappa shape index (κ1) is 19.8. The van der Waals surface area contributed by atoms with Gasteiger partial charge in [0.15, 0.2) is 5.16 Å². The van der Waals surface area contributed by atoms with Crippen molar-refractivity contribution in [1.82, 2.24) is 14.8 Å². The maximum atomic E-state index is 13.3. The number of anilines is 2. The standard InChI is InChI=1S/C23H23N5O2S/c1-15(22(30)27-14-20(29)24-18-9-5-6-10-19(18)27)31-23-26-25-21(17-11-12-17)28(23)13-16-7-3-2-4-8-16/h2-10,15,17H,11-14H2,1H3,(H,24,29). The van der Waals surface area contributed by atoms with Crippen molar-refractivity contribution in [2.45, 2.75) is 42.6 Å². The molecule has 1 aliphatic heterocycles. The minimum atomic E-state index is -0.412. The molecule has 1 saturated carbocycles. The number of carbonyl (C=O) groups is 2. The van der Waals surface area contributed by atoms with Gasteiger partial charge in [-0.15, -0.1) is 10.2 Å². The number of rotatable bonds is 6. The number of amides is 2. The van der Waals surface area contributed by atoms with Gasteiger partial charge >= 0.3 is 0 Å². The van der Waals surface area contributed by atoms with Crippen LogP contribution < -0.4 is 10.2 Å². The Kier molecular flexibility index (Phi) is 5.23. The minimum absolute atomic E-state index is 0.0186. The van der Waals surface area contributed by atoms with Crippen molar-refractivity contribution in [2.75, 3.05) is 16.8 Å². The summed E-state index contributed by atoms with van der Waals surface area (Å²) in [6.45, 7) is 2.56. The van der Waals surface area contributed by atoms with Crippen molar-refractivity contribution in [2.24, 2.45) is 0 Å². The molecule has 158 valence electrons. The van der Waals surface area contributed by atoms with Crippen LogP contribution in [0.25, 0.3) is 0 Å². The molecule has 7 nitrogen and oxygen atoms in total. The lowest BCUT2D eigenvalue weighted by molar-refractivity contribution is -0.121. The summed E-state index contributed by atoms with van der Waals surface area (Å²) in [5, 5.41) is 12.0. The second-order valence-electron chi connectivity index (χ2n) is 7.94. The number of nitrogens with zero attached hydrogens (tertiary/aromatic N) is 4. The molecule has 2 amide bonds. The van der Waals surface area contributed by atoms with Crippen molar-refractivity contribution in [3.63, 3.8) is 0 Å². The first-order valence-corrected chi connectivity index (χ1v) is 11.3. The van der Waals surface area contributed by atoms with Crippen molar-refractivity contribution >= 4 is 35.0 Å². The molecule has 2 heterocycles. The Labute approximate surface area is 184 Å². The van der Waals surface area contributed by atoms with Gasteiger partial charge in [0.05, 0.1) is 23.2 Å². The van der Waals surface area contributed by atoms with Crippen molar-refractivity contribution in [1.29, 1.82) is 0 Å². The summed E-state index contributed by atoms with van der Waals surface area (Å²) in [5.41, 5.74) is 2.56. The topological polar surface area (TPSA) is 80.1 Å². The van der Waals surface area contributed by atoms with E-state index in [4.69, 9.17) is 0 Å². The molecule has 1 N–H and O–H groups in total. The third-order valence-electron chi connectivity index (χ3n) is 5.54. The molecule has 0 bridgehead atoms.